The van der Waals surface area contributed by atoms with E-state index in [2.05, 4.69) is 40.7 Å². The van der Waals surface area contributed by atoms with Crippen molar-refractivity contribution in [3.8, 4) is 17.1 Å². The van der Waals surface area contributed by atoms with Crippen molar-refractivity contribution in [2.45, 2.75) is 32.4 Å². The van der Waals surface area contributed by atoms with Crippen LogP contribution in [0.4, 0.5) is 0 Å². The van der Waals surface area contributed by atoms with Crippen molar-refractivity contribution in [3.63, 3.8) is 0 Å². The van der Waals surface area contributed by atoms with Gasteiger partial charge in [0.15, 0.2) is 0 Å². The third-order valence-electron chi connectivity index (χ3n) is 7.27. The second kappa shape index (κ2) is 9.37. The predicted molar refractivity (Wildman–Crippen MR) is 144 cm³/mol. The number of carbonyl (C=O) groups excluding carboxylic acids is 1. The van der Waals surface area contributed by atoms with Gasteiger partial charge in [-0.05, 0) is 61.7 Å². The molecule has 5 heterocycles. The summed E-state index contributed by atoms with van der Waals surface area (Å²) in [5.41, 5.74) is 12.5. The van der Waals surface area contributed by atoms with Crippen LogP contribution in [0.25, 0.3) is 27.9 Å². The Kier molecular flexibility index (Phi) is 5.88. The fraction of sp³-hybridized carbons (Fsp3) is 0.276. The highest BCUT2D eigenvalue weighted by Crippen LogP contribution is 2.33. The summed E-state index contributed by atoms with van der Waals surface area (Å²) in [4.78, 5) is 24.4. The molecule has 6 rings (SSSR count). The summed E-state index contributed by atoms with van der Waals surface area (Å²) in [6, 6.07) is 16.1. The van der Waals surface area contributed by atoms with Gasteiger partial charge in [-0.2, -0.15) is 0 Å². The van der Waals surface area contributed by atoms with E-state index in [9.17, 15) is 4.79 Å². The lowest BCUT2D eigenvalue weighted by molar-refractivity contribution is 0.0709. The predicted octanol–water partition coefficient (Wildman–Crippen LogP) is 4.28. The molecule has 0 radical (unpaired) electrons. The number of ether oxygens (including phenoxy) is 1. The summed E-state index contributed by atoms with van der Waals surface area (Å²) in [5, 5.41) is 1.11. The molecule has 0 spiro atoms. The maximum atomic E-state index is 13.2. The van der Waals surface area contributed by atoms with Crippen molar-refractivity contribution in [2.24, 2.45) is 5.73 Å². The Morgan fingerprint density at radius 2 is 2.08 bits per heavy atom. The second-order valence-corrected chi connectivity index (χ2v) is 9.74. The molecule has 1 atom stereocenters. The number of aromatic nitrogens is 4. The van der Waals surface area contributed by atoms with E-state index in [4.69, 9.17) is 15.5 Å². The van der Waals surface area contributed by atoms with Gasteiger partial charge < -0.3 is 24.3 Å². The summed E-state index contributed by atoms with van der Waals surface area (Å²) < 4.78 is 9.81. The third kappa shape index (κ3) is 4.23. The van der Waals surface area contributed by atoms with Gasteiger partial charge in [0.05, 0.1) is 18.3 Å². The van der Waals surface area contributed by atoms with Gasteiger partial charge in [0.25, 0.3) is 5.91 Å². The van der Waals surface area contributed by atoms with Crippen LogP contribution in [-0.4, -0.2) is 56.0 Å². The van der Waals surface area contributed by atoms with Crippen molar-refractivity contribution in [3.05, 3.63) is 83.9 Å². The lowest BCUT2D eigenvalue weighted by atomic mass is 10.1. The molecule has 0 bridgehead atoms. The summed E-state index contributed by atoms with van der Waals surface area (Å²) >= 11 is 0. The highest BCUT2D eigenvalue weighted by Gasteiger charge is 2.24. The van der Waals surface area contributed by atoms with Crippen molar-refractivity contribution in [2.75, 3.05) is 20.2 Å². The quantitative estimate of drug-likeness (QED) is 0.394. The molecule has 1 aromatic carbocycles. The van der Waals surface area contributed by atoms with Gasteiger partial charge in [0.1, 0.15) is 17.1 Å². The molecule has 8 nitrogen and oxygen atoms in total. The number of hydrogen-bond acceptors (Lipinski definition) is 5. The van der Waals surface area contributed by atoms with Crippen LogP contribution in [0.5, 0.6) is 5.75 Å². The summed E-state index contributed by atoms with van der Waals surface area (Å²) in [6.45, 7) is 4.05. The number of nitrogens with two attached hydrogens (primary N) is 1. The fourth-order valence-electron chi connectivity index (χ4n) is 5.32. The van der Waals surface area contributed by atoms with Crippen LogP contribution in [0.1, 0.15) is 34.5 Å². The minimum Gasteiger partial charge on any atom is -0.497 e. The van der Waals surface area contributed by atoms with Crippen molar-refractivity contribution < 1.29 is 9.53 Å². The molecular formula is C29H30N6O2. The first-order chi connectivity index (χ1) is 18.0. The monoisotopic (exact) mass is 494 g/mol. The number of piperidine rings is 1. The average molecular weight is 495 g/mol. The van der Waals surface area contributed by atoms with E-state index in [0.717, 1.165) is 64.3 Å². The van der Waals surface area contributed by atoms with Gasteiger partial charge >= 0.3 is 0 Å². The number of fused-ring (bicyclic) bond motifs is 2. The van der Waals surface area contributed by atoms with Crippen LogP contribution in [0.2, 0.25) is 0 Å². The van der Waals surface area contributed by atoms with Crippen LogP contribution < -0.4 is 10.5 Å². The molecule has 1 amide bonds. The first-order valence-corrected chi connectivity index (χ1v) is 12.6. The number of nitrogens with zero attached hydrogens (tertiary/aromatic N) is 5. The van der Waals surface area contributed by atoms with Crippen molar-refractivity contribution in [1.29, 1.82) is 0 Å². The van der Waals surface area contributed by atoms with Crippen LogP contribution in [0, 0.1) is 6.92 Å². The number of methoxy groups -OCH3 is 1. The minimum absolute atomic E-state index is 0.0117. The molecule has 1 aliphatic heterocycles. The molecule has 37 heavy (non-hydrogen) atoms. The number of imidazole rings is 1. The largest absolute Gasteiger partial charge is 0.497 e. The number of benzene rings is 1. The van der Waals surface area contributed by atoms with Crippen LogP contribution in [0.3, 0.4) is 0 Å². The number of amides is 1. The molecule has 1 unspecified atom stereocenters. The maximum absolute atomic E-state index is 13.2. The number of rotatable bonds is 5. The normalized spacial score (nSPS) is 16.0. The molecule has 1 saturated heterocycles. The van der Waals surface area contributed by atoms with Gasteiger partial charge in [0, 0.05) is 67.0 Å². The second-order valence-electron chi connectivity index (χ2n) is 9.74. The standard InChI is InChI=1S/C29H30N6O2/c1-19-28(32-27-14-22(9-12-34(19)27)29(36)33-11-4-6-23(30)18-33)26-13-21-7-8-24(37-2)15-25(21)35(26)17-20-5-3-10-31-16-20/h3,5,7-10,12-16,23H,4,6,11,17-18,30H2,1-2H3. The first kappa shape index (κ1) is 23.2. The number of aryl methyl sites for hydroxylation is 1. The lowest BCUT2D eigenvalue weighted by Gasteiger charge is -2.30. The van der Waals surface area contributed by atoms with E-state index in [1.165, 1.54) is 0 Å². The Labute approximate surface area is 215 Å². The molecule has 5 aromatic rings. The van der Waals surface area contributed by atoms with Crippen LogP contribution in [0.15, 0.2) is 67.1 Å². The molecule has 188 valence electrons. The molecular weight excluding hydrogens is 464 g/mol. The molecule has 8 heteroatoms. The first-order valence-electron chi connectivity index (χ1n) is 12.6. The van der Waals surface area contributed by atoms with Crippen LogP contribution >= 0.6 is 0 Å². The zero-order chi connectivity index (χ0) is 25.5. The SMILES string of the molecule is COc1ccc2cc(-c3nc4cc(C(=O)N5CCCC(N)C5)ccn4c3C)n(Cc3cccnc3)c2c1. The van der Waals surface area contributed by atoms with Gasteiger partial charge in [-0.15, -0.1) is 0 Å². The number of carbonyl (C=O) groups is 1. The van der Waals surface area contributed by atoms with E-state index >= 15 is 0 Å². The topological polar surface area (TPSA) is 90.7 Å². The van der Waals surface area contributed by atoms with E-state index in [0.29, 0.717) is 18.7 Å². The number of pyridine rings is 2. The van der Waals surface area contributed by atoms with Gasteiger partial charge in [-0.25, -0.2) is 4.98 Å². The molecule has 0 aliphatic carbocycles. The molecule has 1 aliphatic rings. The van der Waals surface area contributed by atoms with E-state index in [1.54, 1.807) is 13.3 Å². The third-order valence-corrected chi connectivity index (χ3v) is 7.27. The minimum atomic E-state index is 0.0117. The van der Waals surface area contributed by atoms with Crippen LogP contribution in [-0.2, 0) is 6.54 Å². The summed E-state index contributed by atoms with van der Waals surface area (Å²) in [5.74, 6) is 0.814. The summed E-state index contributed by atoms with van der Waals surface area (Å²) in [7, 11) is 1.68. The molecule has 2 N–H and O–H groups in total. The maximum Gasteiger partial charge on any atom is 0.254 e. The number of likely N-dealkylation sites (tertiary alicyclic amines) is 1. The smallest absolute Gasteiger partial charge is 0.254 e. The number of hydrogen-bond donors (Lipinski definition) is 1. The Balaban J connectivity index is 1.45. The van der Waals surface area contributed by atoms with Gasteiger partial charge in [-0.1, -0.05) is 6.07 Å². The Morgan fingerprint density at radius 3 is 2.86 bits per heavy atom. The Morgan fingerprint density at radius 1 is 1.19 bits per heavy atom. The molecule has 0 saturated carbocycles. The highest BCUT2D eigenvalue weighted by atomic mass is 16.5. The molecule has 4 aromatic heterocycles. The Bertz CT molecular complexity index is 1600. The van der Waals surface area contributed by atoms with E-state index in [-0.39, 0.29) is 11.9 Å². The van der Waals surface area contributed by atoms with E-state index < -0.39 is 0 Å². The highest BCUT2D eigenvalue weighted by molar-refractivity contribution is 5.95. The Hall–Kier alpha value is -4.17. The van der Waals surface area contributed by atoms with Gasteiger partial charge in [0.2, 0.25) is 0 Å². The summed E-state index contributed by atoms with van der Waals surface area (Å²) in [6.07, 6.45) is 7.51. The fourth-order valence-corrected chi connectivity index (χ4v) is 5.32. The molecule has 1 fully saturated rings. The van der Waals surface area contributed by atoms with Crippen molar-refractivity contribution >= 4 is 22.5 Å². The zero-order valence-electron chi connectivity index (χ0n) is 21.1. The van der Waals surface area contributed by atoms with Gasteiger partial charge in [-0.3, -0.25) is 9.78 Å². The lowest BCUT2D eigenvalue weighted by Crippen LogP contribution is -2.45. The zero-order valence-corrected chi connectivity index (χ0v) is 21.1. The van der Waals surface area contributed by atoms with E-state index in [1.807, 2.05) is 46.0 Å². The van der Waals surface area contributed by atoms with Crippen molar-refractivity contribution in [1.82, 2.24) is 23.8 Å². The average Bonchev–Trinajstić information content (AvgIpc) is 3.45.